The lowest BCUT2D eigenvalue weighted by Crippen LogP contribution is -2.58. The fraction of sp³-hybridized carbons (Fsp3) is 0.316. The Balaban J connectivity index is 1.61. The maximum Gasteiger partial charge on any atom is 0.332 e. The second-order valence-corrected chi connectivity index (χ2v) is 7.39. The van der Waals surface area contributed by atoms with E-state index >= 15 is 0 Å². The molecule has 4 amide bonds. The van der Waals surface area contributed by atoms with E-state index in [0.717, 1.165) is 26.7 Å². The van der Waals surface area contributed by atoms with E-state index in [2.05, 4.69) is 15.6 Å². The van der Waals surface area contributed by atoms with Crippen molar-refractivity contribution in [3.05, 3.63) is 46.7 Å². The summed E-state index contributed by atoms with van der Waals surface area (Å²) in [4.78, 5) is 38.9. The Bertz CT molecular complexity index is 1020. The number of imide groups is 2. The Kier molecular flexibility index (Phi) is 4.62. The smallest absolute Gasteiger partial charge is 0.302 e. The van der Waals surface area contributed by atoms with Crippen molar-refractivity contribution in [3.8, 4) is 5.69 Å². The van der Waals surface area contributed by atoms with Gasteiger partial charge < -0.3 is 5.43 Å². The Labute approximate surface area is 171 Å². The number of benzene rings is 1. The Hall–Kier alpha value is -3.20. The molecule has 3 heterocycles. The average molecular weight is 415 g/mol. The van der Waals surface area contributed by atoms with Crippen molar-refractivity contribution in [1.29, 1.82) is 0 Å². The third-order valence-electron chi connectivity index (χ3n) is 5.24. The zero-order chi connectivity index (χ0) is 20.9. The van der Waals surface area contributed by atoms with Gasteiger partial charge in [0.25, 0.3) is 0 Å². The predicted octanol–water partition coefficient (Wildman–Crippen LogP) is 1.89. The van der Waals surface area contributed by atoms with Gasteiger partial charge in [-0.15, -0.1) is 0 Å². The number of halogens is 1. The zero-order valence-electron chi connectivity index (χ0n) is 16.1. The van der Waals surface area contributed by atoms with Crippen molar-refractivity contribution < 1.29 is 14.4 Å². The van der Waals surface area contributed by atoms with Crippen LogP contribution < -0.4 is 5.43 Å². The number of amides is 4. The lowest BCUT2D eigenvalue weighted by atomic mass is 9.92. The summed E-state index contributed by atoms with van der Waals surface area (Å²) in [6.45, 7) is 1.84. The number of carbonyl (C=O) groups is 3. The van der Waals surface area contributed by atoms with E-state index in [1.54, 1.807) is 4.68 Å². The largest absolute Gasteiger partial charge is 0.332 e. The van der Waals surface area contributed by atoms with Crippen molar-refractivity contribution in [3.63, 3.8) is 0 Å². The van der Waals surface area contributed by atoms with E-state index in [1.165, 1.54) is 14.1 Å². The summed E-state index contributed by atoms with van der Waals surface area (Å²) in [5.74, 6) is -2.28. The minimum Gasteiger partial charge on any atom is -0.302 e. The molecule has 1 aromatic carbocycles. The molecule has 29 heavy (non-hydrogen) atoms. The number of aryl methyl sites for hydroxylation is 1. The molecule has 4 rings (SSSR count). The molecule has 150 valence electrons. The Morgan fingerprint density at radius 2 is 1.69 bits per heavy atom. The molecule has 9 nitrogen and oxygen atoms in total. The Morgan fingerprint density at radius 3 is 2.31 bits per heavy atom. The van der Waals surface area contributed by atoms with Gasteiger partial charge >= 0.3 is 6.03 Å². The van der Waals surface area contributed by atoms with E-state index in [9.17, 15) is 14.4 Å². The highest BCUT2D eigenvalue weighted by Crippen LogP contribution is 2.34. The van der Waals surface area contributed by atoms with Crippen molar-refractivity contribution >= 4 is 35.2 Å². The highest BCUT2D eigenvalue weighted by atomic mass is 35.5. The number of para-hydroxylation sites is 1. The molecule has 0 radical (unpaired) electrons. The van der Waals surface area contributed by atoms with E-state index in [4.69, 9.17) is 11.6 Å². The van der Waals surface area contributed by atoms with Crippen molar-refractivity contribution in [2.45, 2.75) is 19.4 Å². The maximum atomic E-state index is 12.6. The first-order chi connectivity index (χ1) is 13.8. The van der Waals surface area contributed by atoms with Crippen molar-refractivity contribution in [2.24, 2.45) is 11.0 Å². The van der Waals surface area contributed by atoms with Gasteiger partial charge in [0.15, 0.2) is 5.92 Å². The van der Waals surface area contributed by atoms with Crippen LogP contribution in [0.5, 0.6) is 0 Å². The molecule has 1 atom stereocenters. The second-order valence-electron chi connectivity index (χ2n) is 7.04. The predicted molar refractivity (Wildman–Crippen MR) is 106 cm³/mol. The number of hydrogen-bond donors (Lipinski definition) is 1. The molecule has 2 aliphatic rings. The molecule has 10 heteroatoms. The summed E-state index contributed by atoms with van der Waals surface area (Å²) < 4.78 is 1.64. The van der Waals surface area contributed by atoms with E-state index in [-0.39, 0.29) is 6.04 Å². The quantitative estimate of drug-likeness (QED) is 0.773. The number of nitrogens with one attached hydrogen (secondary N) is 1. The first-order valence-corrected chi connectivity index (χ1v) is 9.40. The summed E-state index contributed by atoms with van der Waals surface area (Å²) in [5, 5.41) is 9.20. The van der Waals surface area contributed by atoms with Gasteiger partial charge in [-0.25, -0.2) is 9.48 Å². The van der Waals surface area contributed by atoms with E-state index in [0.29, 0.717) is 17.3 Å². The molecule has 2 aromatic rings. The normalized spacial score (nSPS) is 20.3. The van der Waals surface area contributed by atoms with Gasteiger partial charge in [0, 0.05) is 26.1 Å². The monoisotopic (exact) mass is 414 g/mol. The number of carbonyl (C=O) groups excluding carboxylic acids is 3. The third-order valence-corrected chi connectivity index (χ3v) is 5.60. The van der Waals surface area contributed by atoms with Crippen LogP contribution in [0.3, 0.4) is 0 Å². The van der Waals surface area contributed by atoms with Crippen LogP contribution in [0, 0.1) is 12.8 Å². The topological polar surface area (TPSA) is 99.9 Å². The first kappa shape index (κ1) is 19.1. The summed E-state index contributed by atoms with van der Waals surface area (Å²) in [7, 11) is 2.71. The molecule has 1 unspecified atom stereocenters. The van der Waals surface area contributed by atoms with Gasteiger partial charge in [-0.05, 0) is 19.1 Å². The number of rotatable bonds is 3. The highest BCUT2D eigenvalue weighted by molar-refractivity contribution is 6.31. The third kappa shape index (κ3) is 2.98. The van der Waals surface area contributed by atoms with Gasteiger partial charge in [-0.2, -0.15) is 10.2 Å². The number of hydrogen-bond acceptors (Lipinski definition) is 6. The van der Waals surface area contributed by atoms with Crippen LogP contribution in [0.4, 0.5) is 4.79 Å². The summed E-state index contributed by atoms with van der Waals surface area (Å²) >= 11 is 6.62. The molecule has 1 saturated heterocycles. The highest BCUT2D eigenvalue weighted by Gasteiger charge is 2.47. The van der Waals surface area contributed by atoms with Crippen LogP contribution in [-0.4, -0.2) is 57.2 Å². The number of urea groups is 1. The minimum absolute atomic E-state index is 0.305. The fourth-order valence-corrected chi connectivity index (χ4v) is 4.05. The molecule has 1 aromatic heterocycles. The van der Waals surface area contributed by atoms with Crippen LogP contribution in [0.25, 0.3) is 5.69 Å². The lowest BCUT2D eigenvalue weighted by molar-refractivity contribution is -0.144. The molecule has 0 aliphatic carbocycles. The van der Waals surface area contributed by atoms with Crippen molar-refractivity contribution in [2.75, 3.05) is 14.1 Å². The van der Waals surface area contributed by atoms with Gasteiger partial charge in [0.05, 0.1) is 23.1 Å². The summed E-state index contributed by atoms with van der Waals surface area (Å²) in [6, 6.07) is 8.51. The van der Waals surface area contributed by atoms with Crippen molar-refractivity contribution in [1.82, 2.24) is 25.0 Å². The molecule has 0 bridgehead atoms. The number of aromatic nitrogens is 2. The summed E-state index contributed by atoms with van der Waals surface area (Å²) in [5.41, 5.74) is 5.64. The minimum atomic E-state index is -1.12. The van der Waals surface area contributed by atoms with Crippen LogP contribution in [0.2, 0.25) is 5.15 Å². The number of hydrazone groups is 1. The van der Waals surface area contributed by atoms with Gasteiger partial charge in [-0.3, -0.25) is 19.4 Å². The molecule has 0 spiro atoms. The molecule has 1 fully saturated rings. The molecule has 1 N–H and O–H groups in total. The summed E-state index contributed by atoms with van der Waals surface area (Å²) in [6.07, 6.45) is 0.305. The van der Waals surface area contributed by atoms with E-state index in [1.807, 2.05) is 37.3 Å². The molecule has 2 aliphatic heterocycles. The Morgan fingerprint density at radius 1 is 1.07 bits per heavy atom. The molecular weight excluding hydrogens is 396 g/mol. The van der Waals surface area contributed by atoms with Gasteiger partial charge in [0.2, 0.25) is 11.8 Å². The van der Waals surface area contributed by atoms with Gasteiger partial charge in [0.1, 0.15) is 5.15 Å². The number of barbiturate groups is 1. The van der Waals surface area contributed by atoms with Crippen LogP contribution in [-0.2, 0) is 9.59 Å². The fourth-order valence-electron chi connectivity index (χ4n) is 3.65. The van der Waals surface area contributed by atoms with E-state index < -0.39 is 23.8 Å². The van der Waals surface area contributed by atoms with Gasteiger partial charge in [-0.1, -0.05) is 29.8 Å². The molecular formula is C19H19ClN6O3. The maximum absolute atomic E-state index is 12.6. The average Bonchev–Trinajstić information content (AvgIpc) is 3.30. The van der Waals surface area contributed by atoms with Crippen LogP contribution in [0.1, 0.15) is 23.7 Å². The van der Waals surface area contributed by atoms with Crippen LogP contribution >= 0.6 is 11.6 Å². The first-order valence-electron chi connectivity index (χ1n) is 9.02. The van der Waals surface area contributed by atoms with Crippen LogP contribution in [0.15, 0.2) is 35.4 Å². The number of nitrogens with zero attached hydrogens (tertiary/aromatic N) is 5. The SMILES string of the molecule is Cc1nn(-c2ccccc2)c(Cl)c1C1CC(C2C(=O)N(C)C(=O)N(C)C2=O)=NN1. The standard InChI is InChI=1S/C19H19ClN6O3/c1-10-14(16(20)26(23-10)11-7-5-4-6-8-11)12-9-13(22-21-12)15-17(27)24(2)19(29)25(3)18(15)28/h4-8,12,15,21H,9H2,1-3H3. The zero-order valence-corrected chi connectivity index (χ0v) is 16.8. The lowest BCUT2D eigenvalue weighted by Gasteiger charge is -2.32. The second kappa shape index (κ2) is 7.00. The molecule has 0 saturated carbocycles.